The number of rotatable bonds is 12. The third kappa shape index (κ3) is 9.56. The number of thiol groups is 1. The number of carbonyl (C=O) groups is 4. The Morgan fingerprint density at radius 1 is 1.00 bits per heavy atom. The largest absolute Gasteiger partial charge is 0.481 e. The van der Waals surface area contributed by atoms with Gasteiger partial charge < -0.3 is 30.9 Å². The van der Waals surface area contributed by atoms with E-state index in [1.165, 1.54) is 6.92 Å². The average molecular weight is 470 g/mol. The molecule has 1 aromatic rings. The fourth-order valence-corrected chi connectivity index (χ4v) is 2.96. The Hall–Kier alpha value is -2.79. The smallest absolute Gasteiger partial charge is 0.408 e. The van der Waals surface area contributed by atoms with Gasteiger partial charge in [-0.3, -0.25) is 14.4 Å². The lowest BCUT2D eigenvalue weighted by Crippen LogP contribution is -2.56. The lowest BCUT2D eigenvalue weighted by molar-refractivity contribution is -0.139. The summed E-state index contributed by atoms with van der Waals surface area (Å²) in [6, 6.07) is 5.96. The highest BCUT2D eigenvalue weighted by Gasteiger charge is 2.29. The van der Waals surface area contributed by atoms with Gasteiger partial charge in [0.25, 0.3) is 0 Å². The normalized spacial score (nSPS) is 14.6. The highest BCUT2D eigenvalue weighted by molar-refractivity contribution is 7.80. The van der Waals surface area contributed by atoms with E-state index in [2.05, 4.69) is 28.6 Å². The molecule has 1 aromatic carbocycles. The average Bonchev–Trinajstić information content (AvgIpc) is 2.74. The number of amides is 3. The Bertz CT molecular complexity index is 776. The molecule has 0 fully saturated rings. The van der Waals surface area contributed by atoms with Gasteiger partial charge in [0.2, 0.25) is 11.8 Å². The van der Waals surface area contributed by atoms with Crippen LogP contribution in [0.5, 0.6) is 0 Å². The minimum atomic E-state index is -1.20. The number of alkyl carbamates (subject to hydrolysis) is 1. The van der Waals surface area contributed by atoms with Crippen molar-refractivity contribution in [2.24, 2.45) is 5.92 Å². The molecule has 32 heavy (non-hydrogen) atoms. The first-order valence-corrected chi connectivity index (χ1v) is 10.8. The fourth-order valence-electron chi connectivity index (χ4n) is 2.70. The zero-order valence-electron chi connectivity index (χ0n) is 18.3. The molecule has 3 amide bonds. The van der Waals surface area contributed by atoms with Gasteiger partial charge in [-0.05, 0) is 18.4 Å². The Labute approximate surface area is 192 Å². The Morgan fingerprint density at radius 3 is 2.16 bits per heavy atom. The van der Waals surface area contributed by atoms with Crippen LogP contribution in [0.1, 0.15) is 32.8 Å². The number of hydrogen-bond donors (Lipinski definition) is 6. The van der Waals surface area contributed by atoms with E-state index < -0.39 is 54.5 Å². The van der Waals surface area contributed by atoms with Gasteiger partial charge in [0.15, 0.2) is 0 Å². The molecule has 0 radical (unpaired) electrons. The maximum absolute atomic E-state index is 12.6. The molecular weight excluding hydrogens is 438 g/mol. The number of aliphatic carboxylic acids is 1. The molecule has 0 aliphatic heterocycles. The van der Waals surface area contributed by atoms with E-state index in [1.807, 2.05) is 18.2 Å². The second-order valence-electron chi connectivity index (χ2n) is 7.62. The summed E-state index contributed by atoms with van der Waals surface area (Å²) in [5.41, 5.74) is 0.790. The van der Waals surface area contributed by atoms with E-state index in [0.717, 1.165) is 5.56 Å². The number of carbonyl (C=O) groups excluding carboxylic acids is 3. The van der Waals surface area contributed by atoms with E-state index in [9.17, 15) is 24.3 Å². The fraction of sp³-hybridized carbons (Fsp3) is 0.524. The summed E-state index contributed by atoms with van der Waals surface area (Å²) in [6.07, 6.45) is -2.46. The number of carboxylic acids is 1. The van der Waals surface area contributed by atoms with Crippen LogP contribution < -0.4 is 16.0 Å². The van der Waals surface area contributed by atoms with Crippen LogP contribution in [0.2, 0.25) is 0 Å². The summed E-state index contributed by atoms with van der Waals surface area (Å²) >= 11 is 3.91. The summed E-state index contributed by atoms with van der Waals surface area (Å²) in [4.78, 5) is 48.1. The van der Waals surface area contributed by atoms with Gasteiger partial charge in [-0.1, -0.05) is 44.2 Å². The Balaban J connectivity index is 2.66. The standard InChI is InChI=1S/C21H31N3O7S/c1-12(2)18(24-21(30)31-10-14-7-5-4-6-8-14)20(29)22-13(3)19(28)23-15(9-17(26)27)16(25)11-32/h4-8,12-13,15-16,18,25,32H,9-11H2,1-3H3,(H,22,29)(H,23,28)(H,24,30)(H,26,27)/t13-,15-,16-,18-/m0/s1. The first kappa shape index (κ1) is 27.2. The van der Waals surface area contributed by atoms with Gasteiger partial charge in [0, 0.05) is 5.75 Å². The third-order valence-corrected chi connectivity index (χ3v) is 4.94. The molecule has 0 bridgehead atoms. The molecular formula is C21H31N3O7S. The number of nitrogens with one attached hydrogen (secondary N) is 3. The van der Waals surface area contributed by atoms with Crippen LogP contribution >= 0.6 is 12.6 Å². The maximum atomic E-state index is 12.6. The predicted molar refractivity (Wildman–Crippen MR) is 120 cm³/mol. The van der Waals surface area contributed by atoms with E-state index in [4.69, 9.17) is 9.84 Å². The van der Waals surface area contributed by atoms with Crippen molar-refractivity contribution in [3.63, 3.8) is 0 Å². The van der Waals surface area contributed by atoms with Crippen LogP contribution in [0.25, 0.3) is 0 Å². The van der Waals surface area contributed by atoms with Crippen molar-refractivity contribution in [1.29, 1.82) is 0 Å². The molecule has 178 valence electrons. The molecule has 0 heterocycles. The molecule has 0 saturated carbocycles. The minimum Gasteiger partial charge on any atom is -0.481 e. The van der Waals surface area contributed by atoms with Crippen molar-refractivity contribution in [2.75, 3.05) is 5.75 Å². The molecule has 11 heteroatoms. The van der Waals surface area contributed by atoms with Gasteiger partial charge >= 0.3 is 12.1 Å². The first-order valence-electron chi connectivity index (χ1n) is 10.1. The van der Waals surface area contributed by atoms with E-state index in [1.54, 1.807) is 26.0 Å². The third-order valence-electron chi connectivity index (χ3n) is 4.56. The number of carboxylic acid groups (broad SMARTS) is 1. The molecule has 10 nitrogen and oxygen atoms in total. The van der Waals surface area contributed by atoms with Crippen LogP contribution in [0.3, 0.4) is 0 Å². The van der Waals surface area contributed by atoms with E-state index in [-0.39, 0.29) is 18.3 Å². The summed E-state index contributed by atoms with van der Waals surface area (Å²) in [5, 5.41) is 26.2. The lowest BCUT2D eigenvalue weighted by Gasteiger charge is -2.26. The number of hydrogen-bond acceptors (Lipinski definition) is 7. The Kier molecular flexibility index (Phi) is 11.6. The number of aliphatic hydroxyl groups excluding tert-OH is 1. The molecule has 4 atom stereocenters. The van der Waals surface area contributed by atoms with Crippen LogP contribution in [0.4, 0.5) is 4.79 Å². The molecule has 0 aliphatic rings. The zero-order chi connectivity index (χ0) is 24.3. The number of ether oxygens (including phenoxy) is 1. The van der Waals surface area contributed by atoms with Gasteiger partial charge in [-0.25, -0.2) is 4.79 Å². The van der Waals surface area contributed by atoms with E-state index in [0.29, 0.717) is 0 Å². The monoisotopic (exact) mass is 469 g/mol. The van der Waals surface area contributed by atoms with Gasteiger partial charge in [-0.2, -0.15) is 12.6 Å². The molecule has 1 rings (SSSR count). The van der Waals surface area contributed by atoms with Crippen LogP contribution in [-0.2, 0) is 25.7 Å². The number of benzene rings is 1. The van der Waals surface area contributed by atoms with Crippen LogP contribution in [-0.4, -0.2) is 64.1 Å². The summed E-state index contributed by atoms with van der Waals surface area (Å²) in [5.74, 6) is -2.85. The van der Waals surface area contributed by atoms with Crippen molar-refractivity contribution < 1.29 is 34.1 Å². The Morgan fingerprint density at radius 2 is 1.62 bits per heavy atom. The second-order valence-corrected chi connectivity index (χ2v) is 7.99. The van der Waals surface area contributed by atoms with Crippen LogP contribution in [0, 0.1) is 5.92 Å². The summed E-state index contributed by atoms with van der Waals surface area (Å²) < 4.78 is 5.14. The SMILES string of the molecule is CC(C)[C@H](NC(=O)OCc1ccccc1)C(=O)N[C@@H](C)C(=O)N[C@@H](CC(=O)O)[C@@H](O)CS. The van der Waals surface area contributed by atoms with Crippen molar-refractivity contribution in [1.82, 2.24) is 16.0 Å². The van der Waals surface area contributed by atoms with Crippen LogP contribution in [0.15, 0.2) is 30.3 Å². The minimum absolute atomic E-state index is 0.0380. The highest BCUT2D eigenvalue weighted by Crippen LogP contribution is 2.06. The highest BCUT2D eigenvalue weighted by atomic mass is 32.1. The zero-order valence-corrected chi connectivity index (χ0v) is 19.2. The number of aliphatic hydroxyl groups is 1. The van der Waals surface area contributed by atoms with E-state index >= 15 is 0 Å². The van der Waals surface area contributed by atoms with Crippen molar-refractivity contribution >= 4 is 36.5 Å². The quantitative estimate of drug-likeness (QED) is 0.246. The predicted octanol–water partition coefficient (Wildman–Crippen LogP) is 0.692. The molecule has 0 aromatic heterocycles. The maximum Gasteiger partial charge on any atom is 0.408 e. The molecule has 0 unspecified atom stereocenters. The van der Waals surface area contributed by atoms with Crippen molar-refractivity contribution in [2.45, 2.75) is 58.0 Å². The van der Waals surface area contributed by atoms with Gasteiger partial charge in [0.05, 0.1) is 18.6 Å². The summed E-state index contributed by atoms with van der Waals surface area (Å²) in [7, 11) is 0. The van der Waals surface area contributed by atoms with Crippen molar-refractivity contribution in [3.8, 4) is 0 Å². The molecule has 0 saturated heterocycles. The topological polar surface area (TPSA) is 154 Å². The second kappa shape index (κ2) is 13.6. The van der Waals surface area contributed by atoms with Gasteiger partial charge in [0.1, 0.15) is 18.7 Å². The first-order chi connectivity index (χ1) is 15.0. The summed E-state index contributed by atoms with van der Waals surface area (Å²) in [6.45, 7) is 4.89. The van der Waals surface area contributed by atoms with Crippen molar-refractivity contribution in [3.05, 3.63) is 35.9 Å². The van der Waals surface area contributed by atoms with Gasteiger partial charge in [-0.15, -0.1) is 0 Å². The molecule has 5 N–H and O–H groups in total. The lowest BCUT2D eigenvalue weighted by atomic mass is 10.0. The molecule has 0 aliphatic carbocycles. The molecule has 0 spiro atoms.